The van der Waals surface area contributed by atoms with Crippen LogP contribution in [0.5, 0.6) is 0 Å². The number of nitrogens with zero attached hydrogens (tertiary/aromatic N) is 9. The number of anilines is 1. The highest BCUT2D eigenvalue weighted by Gasteiger charge is 2.55. The molecule has 21 heteroatoms. The molecule has 4 aromatic rings. The van der Waals surface area contributed by atoms with Crippen molar-refractivity contribution in [2.24, 2.45) is 0 Å². The number of fused-ring (bicyclic) bond motifs is 2. The first-order valence-electron chi connectivity index (χ1n) is 17.5. The summed E-state index contributed by atoms with van der Waals surface area (Å²) in [6.07, 6.45) is -2.81. The Labute approximate surface area is 321 Å². The maximum Gasteiger partial charge on any atom is 0.425 e. The second-order valence-electron chi connectivity index (χ2n) is 15.8. The van der Waals surface area contributed by atoms with Crippen molar-refractivity contribution in [2.75, 3.05) is 31.1 Å². The van der Waals surface area contributed by atoms with E-state index in [4.69, 9.17) is 9.47 Å². The van der Waals surface area contributed by atoms with Gasteiger partial charge < -0.3 is 14.0 Å². The van der Waals surface area contributed by atoms with Crippen LogP contribution in [0, 0.1) is 11.3 Å². The van der Waals surface area contributed by atoms with Crippen LogP contribution in [0.1, 0.15) is 47.9 Å². The number of imide groups is 1. The SMILES string of the molecule is CC(C)(C)OC(=O)N(CC(F)(F)F)S(=O)(=O)N1CC(CC#N)(n2cc(-c3ncnc4c3ccn4COCC[Si](C)(C)C)c(N3C(=O)c4ccccc4C3=O)n2)C1. The molecule has 1 fully saturated rings. The van der Waals surface area contributed by atoms with Crippen molar-refractivity contribution in [3.63, 3.8) is 0 Å². The molecule has 2 aliphatic heterocycles. The summed E-state index contributed by atoms with van der Waals surface area (Å²) >= 11 is 0. The first-order valence-corrected chi connectivity index (χ1v) is 22.6. The number of hydrogen-bond acceptors (Lipinski definition) is 11. The van der Waals surface area contributed by atoms with E-state index in [1.165, 1.54) is 50.1 Å². The number of ether oxygens (including phenoxy) is 2. The highest BCUT2D eigenvalue weighted by molar-refractivity contribution is 7.87. The topological polar surface area (TPSA) is 186 Å². The van der Waals surface area contributed by atoms with E-state index in [-0.39, 0.29) is 34.9 Å². The van der Waals surface area contributed by atoms with E-state index in [1.54, 1.807) is 29.0 Å². The molecule has 2 aliphatic rings. The van der Waals surface area contributed by atoms with Gasteiger partial charge in [0.05, 0.1) is 34.9 Å². The molecule has 5 heterocycles. The van der Waals surface area contributed by atoms with E-state index >= 15 is 0 Å². The Hall–Kier alpha value is -5.17. The highest BCUT2D eigenvalue weighted by atomic mass is 32.2. The Balaban J connectivity index is 1.41. The van der Waals surface area contributed by atoms with Crippen molar-refractivity contribution < 1.29 is 45.4 Å². The van der Waals surface area contributed by atoms with Crippen molar-refractivity contribution in [3.8, 4) is 17.3 Å². The van der Waals surface area contributed by atoms with Crippen LogP contribution in [0.15, 0.2) is 49.1 Å². The zero-order chi connectivity index (χ0) is 41.0. The van der Waals surface area contributed by atoms with Gasteiger partial charge in [0.15, 0.2) is 5.82 Å². The van der Waals surface area contributed by atoms with Crippen LogP contribution < -0.4 is 4.90 Å². The average Bonchev–Trinajstić information content (AvgIpc) is 3.76. The van der Waals surface area contributed by atoms with E-state index in [2.05, 4.69) is 34.7 Å². The molecule has 1 saturated heterocycles. The summed E-state index contributed by atoms with van der Waals surface area (Å²) in [5, 5.41) is 15.0. The molecule has 6 rings (SSSR count). The lowest BCUT2D eigenvalue weighted by Crippen LogP contribution is -2.67. The van der Waals surface area contributed by atoms with E-state index in [1.807, 2.05) is 6.07 Å². The average molecular weight is 816 g/mol. The fourth-order valence-corrected chi connectivity index (χ4v) is 8.68. The van der Waals surface area contributed by atoms with Gasteiger partial charge in [-0.3, -0.25) is 14.3 Å². The Kier molecular flexibility index (Phi) is 10.4. The standard InChI is InChI=1S/C35H40F3N9O7SSi/c1-33(2,3)54-32(50)45(20-35(36,37)38)55(51,52)44-18-34(19-44,12-13-39)46-17-26(29(42-46)47-30(48)23-9-7-8-10-24(23)31(47)49)27-25-11-14-43(28(25)41-21-40-27)22-53-15-16-56(4,5)6/h7-11,14,17,21H,12,15-16,18-20,22H2,1-6H3. The number of rotatable bonds is 12. The second kappa shape index (κ2) is 14.4. The second-order valence-corrected chi connectivity index (χ2v) is 23.3. The quantitative estimate of drug-likeness (QED) is 0.102. The normalized spacial score (nSPS) is 16.2. The van der Waals surface area contributed by atoms with Crippen LogP contribution >= 0.6 is 0 Å². The zero-order valence-electron chi connectivity index (χ0n) is 31.5. The van der Waals surface area contributed by atoms with Gasteiger partial charge in [-0.25, -0.2) is 19.7 Å². The van der Waals surface area contributed by atoms with Crippen molar-refractivity contribution in [2.45, 2.75) is 76.9 Å². The van der Waals surface area contributed by atoms with Gasteiger partial charge in [-0.2, -0.15) is 40.6 Å². The molecule has 1 aromatic carbocycles. The number of amides is 3. The molecule has 0 radical (unpaired) electrons. The minimum absolute atomic E-state index is 0.118. The number of hydrogen-bond donors (Lipinski definition) is 0. The fourth-order valence-electron chi connectivity index (χ4n) is 6.30. The van der Waals surface area contributed by atoms with Crippen molar-refractivity contribution in [1.29, 1.82) is 5.26 Å². The van der Waals surface area contributed by atoms with Gasteiger partial charge in [0.2, 0.25) is 0 Å². The lowest BCUT2D eigenvalue weighted by molar-refractivity contribution is -0.136. The summed E-state index contributed by atoms with van der Waals surface area (Å²) in [5.41, 5.74) is -1.76. The number of alkyl halides is 3. The maximum atomic E-state index is 13.8. The molecule has 0 atom stereocenters. The summed E-state index contributed by atoms with van der Waals surface area (Å²) in [6, 6.07) is 10.8. The zero-order valence-corrected chi connectivity index (χ0v) is 33.3. The first kappa shape index (κ1) is 40.5. The molecule has 3 aromatic heterocycles. The monoisotopic (exact) mass is 815 g/mol. The van der Waals surface area contributed by atoms with Gasteiger partial charge in [0.25, 0.3) is 11.8 Å². The van der Waals surface area contributed by atoms with Gasteiger partial charge in [0.1, 0.15) is 36.4 Å². The van der Waals surface area contributed by atoms with Gasteiger partial charge in [-0.05, 0) is 45.0 Å². The largest absolute Gasteiger partial charge is 0.443 e. The summed E-state index contributed by atoms with van der Waals surface area (Å²) < 4.78 is 82.4. The summed E-state index contributed by atoms with van der Waals surface area (Å²) in [5.74, 6) is -1.56. The third-order valence-corrected chi connectivity index (χ3v) is 12.5. The molecule has 16 nitrogen and oxygen atoms in total. The number of halogens is 3. The summed E-state index contributed by atoms with van der Waals surface area (Å²) in [7, 11) is -6.52. The molecule has 56 heavy (non-hydrogen) atoms. The minimum atomic E-state index is -5.17. The van der Waals surface area contributed by atoms with Gasteiger partial charge in [0, 0.05) is 45.6 Å². The molecule has 0 saturated carbocycles. The predicted molar refractivity (Wildman–Crippen MR) is 198 cm³/mol. The molecule has 0 spiro atoms. The predicted octanol–water partition coefficient (Wildman–Crippen LogP) is 5.38. The Morgan fingerprint density at radius 2 is 1.68 bits per heavy atom. The van der Waals surface area contributed by atoms with E-state index in [0.29, 0.717) is 21.9 Å². The lowest BCUT2D eigenvalue weighted by atomic mass is 9.89. The van der Waals surface area contributed by atoms with Gasteiger partial charge in [-0.15, -0.1) is 0 Å². The number of carbonyl (C=O) groups is 3. The van der Waals surface area contributed by atoms with E-state index in [9.17, 15) is 41.2 Å². The van der Waals surface area contributed by atoms with Crippen LogP contribution in [0.25, 0.3) is 22.3 Å². The molecule has 0 aliphatic carbocycles. The molecular formula is C35H40F3N9O7SSi. The highest BCUT2D eigenvalue weighted by Crippen LogP contribution is 2.42. The van der Waals surface area contributed by atoms with E-state index in [0.717, 1.165) is 10.9 Å². The third-order valence-electron chi connectivity index (χ3n) is 9.10. The number of nitriles is 1. The molecule has 0 N–H and O–H groups in total. The van der Waals surface area contributed by atoms with Gasteiger partial charge in [-0.1, -0.05) is 31.8 Å². The lowest BCUT2D eigenvalue weighted by Gasteiger charge is -2.48. The van der Waals surface area contributed by atoms with Gasteiger partial charge >= 0.3 is 22.5 Å². The maximum absolute atomic E-state index is 13.8. The minimum Gasteiger partial charge on any atom is -0.443 e. The Bertz CT molecular complexity index is 2320. The molecule has 3 amide bonds. The fraction of sp³-hybridized carbons (Fsp3) is 0.457. The van der Waals surface area contributed by atoms with Crippen LogP contribution in [0.2, 0.25) is 25.7 Å². The molecular weight excluding hydrogens is 776 g/mol. The van der Waals surface area contributed by atoms with Crippen molar-refractivity contribution in [1.82, 2.24) is 32.9 Å². The van der Waals surface area contributed by atoms with Crippen molar-refractivity contribution >= 4 is 53.0 Å². The smallest absolute Gasteiger partial charge is 0.425 e. The third kappa shape index (κ3) is 7.91. The summed E-state index contributed by atoms with van der Waals surface area (Å²) in [6.45, 7) is 8.18. The molecule has 298 valence electrons. The summed E-state index contributed by atoms with van der Waals surface area (Å²) in [4.78, 5) is 50.3. The Morgan fingerprint density at radius 3 is 2.25 bits per heavy atom. The van der Waals surface area contributed by atoms with Crippen LogP contribution in [-0.4, -0.2) is 105 Å². The first-order chi connectivity index (χ1) is 26.1. The van der Waals surface area contributed by atoms with E-state index < -0.39 is 83.9 Å². The Morgan fingerprint density at radius 1 is 1.04 bits per heavy atom. The number of carbonyl (C=O) groups excluding carboxylic acids is 3. The van der Waals surface area contributed by atoms with Crippen LogP contribution in [0.3, 0.4) is 0 Å². The number of aromatic nitrogens is 5. The molecule has 0 unspecified atom stereocenters. The van der Waals surface area contributed by atoms with Crippen molar-refractivity contribution in [3.05, 3.63) is 60.2 Å². The molecule has 0 bridgehead atoms. The van der Waals surface area contributed by atoms with Crippen LogP contribution in [0.4, 0.5) is 23.8 Å². The number of benzene rings is 1. The van der Waals surface area contributed by atoms with Crippen LogP contribution in [-0.2, 0) is 32.0 Å².